The fourth-order valence-electron chi connectivity index (χ4n) is 0.823. The SMILES string of the molecule is CC(Br)c1ccc(C#N)cc1. The van der Waals surface area contributed by atoms with Crippen LogP contribution in [0.25, 0.3) is 0 Å². The maximum atomic E-state index is 8.51. The highest BCUT2D eigenvalue weighted by molar-refractivity contribution is 9.09. The van der Waals surface area contributed by atoms with E-state index in [1.54, 1.807) is 0 Å². The molecule has 2 heteroatoms. The van der Waals surface area contributed by atoms with Crippen molar-refractivity contribution in [2.75, 3.05) is 0 Å². The molecule has 1 atom stereocenters. The lowest BCUT2D eigenvalue weighted by Gasteiger charge is -2.01. The maximum absolute atomic E-state index is 8.51. The first kappa shape index (κ1) is 8.29. The molecular weight excluding hydrogens is 202 g/mol. The number of hydrogen-bond donors (Lipinski definition) is 0. The van der Waals surface area contributed by atoms with Crippen LogP contribution in [0.5, 0.6) is 0 Å². The molecule has 0 spiro atoms. The van der Waals surface area contributed by atoms with Gasteiger partial charge in [0.15, 0.2) is 0 Å². The first-order valence-electron chi connectivity index (χ1n) is 3.38. The van der Waals surface area contributed by atoms with Crippen molar-refractivity contribution in [3.05, 3.63) is 35.4 Å². The van der Waals surface area contributed by atoms with Gasteiger partial charge in [-0.1, -0.05) is 28.1 Å². The summed E-state index contributed by atoms with van der Waals surface area (Å²) in [5, 5.41) is 8.51. The zero-order valence-corrected chi connectivity index (χ0v) is 7.80. The Labute approximate surface area is 74.8 Å². The molecule has 0 fully saturated rings. The second kappa shape index (κ2) is 3.54. The smallest absolute Gasteiger partial charge is 0.0991 e. The van der Waals surface area contributed by atoms with Gasteiger partial charge in [-0.2, -0.15) is 5.26 Å². The van der Waals surface area contributed by atoms with E-state index in [1.807, 2.05) is 24.3 Å². The molecule has 0 aromatic heterocycles. The van der Waals surface area contributed by atoms with Crippen LogP contribution in [0, 0.1) is 11.3 Å². The number of hydrogen-bond acceptors (Lipinski definition) is 1. The Hall–Kier alpha value is -0.810. The van der Waals surface area contributed by atoms with Crippen molar-refractivity contribution >= 4 is 15.9 Å². The average molecular weight is 210 g/mol. The van der Waals surface area contributed by atoms with Gasteiger partial charge in [0.1, 0.15) is 0 Å². The molecule has 0 aliphatic heterocycles. The van der Waals surface area contributed by atoms with Gasteiger partial charge in [-0.05, 0) is 24.6 Å². The van der Waals surface area contributed by atoms with Crippen LogP contribution in [-0.4, -0.2) is 0 Å². The molecule has 56 valence electrons. The van der Waals surface area contributed by atoms with Crippen molar-refractivity contribution in [2.45, 2.75) is 11.8 Å². The van der Waals surface area contributed by atoms with Crippen LogP contribution in [0.3, 0.4) is 0 Å². The standard InChI is InChI=1S/C9H8BrN/c1-7(10)9-4-2-8(6-11)3-5-9/h2-5,7H,1H3. The molecule has 1 rings (SSSR count). The molecule has 0 saturated carbocycles. The Morgan fingerprint density at radius 3 is 2.27 bits per heavy atom. The van der Waals surface area contributed by atoms with Gasteiger partial charge in [-0.15, -0.1) is 0 Å². The van der Waals surface area contributed by atoms with Gasteiger partial charge in [0.05, 0.1) is 11.6 Å². The van der Waals surface area contributed by atoms with Gasteiger partial charge in [-0.3, -0.25) is 0 Å². The molecule has 1 unspecified atom stereocenters. The molecule has 0 heterocycles. The predicted octanol–water partition coefficient (Wildman–Crippen LogP) is 3.01. The van der Waals surface area contributed by atoms with Crippen molar-refractivity contribution < 1.29 is 0 Å². The minimum Gasteiger partial charge on any atom is -0.192 e. The summed E-state index contributed by atoms with van der Waals surface area (Å²) < 4.78 is 0. The molecular formula is C9H8BrN. The molecule has 0 amide bonds. The lowest BCUT2D eigenvalue weighted by molar-refractivity contribution is 1.12. The first-order valence-corrected chi connectivity index (χ1v) is 4.29. The molecule has 11 heavy (non-hydrogen) atoms. The van der Waals surface area contributed by atoms with E-state index in [4.69, 9.17) is 5.26 Å². The second-order valence-corrected chi connectivity index (χ2v) is 3.72. The monoisotopic (exact) mass is 209 g/mol. The third-order valence-electron chi connectivity index (χ3n) is 1.50. The summed E-state index contributed by atoms with van der Waals surface area (Å²) in [7, 11) is 0. The van der Waals surface area contributed by atoms with Gasteiger partial charge < -0.3 is 0 Å². The predicted molar refractivity (Wildman–Crippen MR) is 48.5 cm³/mol. The fraction of sp³-hybridized carbons (Fsp3) is 0.222. The molecule has 1 nitrogen and oxygen atoms in total. The summed E-state index contributed by atoms with van der Waals surface area (Å²) >= 11 is 3.45. The number of alkyl halides is 1. The number of benzene rings is 1. The molecule has 1 aromatic carbocycles. The van der Waals surface area contributed by atoms with Crippen LogP contribution in [0.15, 0.2) is 24.3 Å². The summed E-state index contributed by atoms with van der Waals surface area (Å²) in [6, 6.07) is 9.64. The van der Waals surface area contributed by atoms with Crippen LogP contribution in [0.4, 0.5) is 0 Å². The molecule has 1 aromatic rings. The van der Waals surface area contributed by atoms with Crippen LogP contribution in [0.2, 0.25) is 0 Å². The van der Waals surface area contributed by atoms with Crippen molar-refractivity contribution in [1.82, 2.24) is 0 Å². The highest BCUT2D eigenvalue weighted by Crippen LogP contribution is 2.21. The summed E-state index contributed by atoms with van der Waals surface area (Å²) in [6.07, 6.45) is 0. The van der Waals surface area contributed by atoms with Crippen LogP contribution < -0.4 is 0 Å². The van der Waals surface area contributed by atoms with Gasteiger partial charge in [0.2, 0.25) is 0 Å². The summed E-state index contributed by atoms with van der Waals surface area (Å²) in [4.78, 5) is 0.357. The molecule has 0 N–H and O–H groups in total. The minimum absolute atomic E-state index is 0.357. The van der Waals surface area contributed by atoms with Gasteiger partial charge in [0.25, 0.3) is 0 Å². The minimum atomic E-state index is 0.357. The van der Waals surface area contributed by atoms with Gasteiger partial charge >= 0.3 is 0 Å². The third kappa shape index (κ3) is 2.06. The fourth-order valence-corrected chi connectivity index (χ4v) is 1.13. The normalized spacial score (nSPS) is 12.1. The van der Waals surface area contributed by atoms with Crippen molar-refractivity contribution in [3.8, 4) is 6.07 Å². The van der Waals surface area contributed by atoms with E-state index in [9.17, 15) is 0 Å². The van der Waals surface area contributed by atoms with E-state index in [0.717, 1.165) is 0 Å². The number of nitriles is 1. The zero-order valence-electron chi connectivity index (χ0n) is 6.21. The Balaban J connectivity index is 2.94. The van der Waals surface area contributed by atoms with Crippen molar-refractivity contribution in [2.24, 2.45) is 0 Å². The van der Waals surface area contributed by atoms with E-state index in [-0.39, 0.29) is 0 Å². The van der Waals surface area contributed by atoms with Crippen LogP contribution in [-0.2, 0) is 0 Å². The Morgan fingerprint density at radius 2 is 1.91 bits per heavy atom. The lowest BCUT2D eigenvalue weighted by atomic mass is 10.1. The highest BCUT2D eigenvalue weighted by atomic mass is 79.9. The summed E-state index contributed by atoms with van der Waals surface area (Å²) in [6.45, 7) is 2.06. The van der Waals surface area contributed by atoms with E-state index >= 15 is 0 Å². The maximum Gasteiger partial charge on any atom is 0.0991 e. The first-order chi connectivity index (χ1) is 5.24. The van der Waals surface area contributed by atoms with E-state index in [2.05, 4.69) is 28.9 Å². The summed E-state index contributed by atoms with van der Waals surface area (Å²) in [5.74, 6) is 0. The molecule has 0 saturated heterocycles. The number of rotatable bonds is 1. The van der Waals surface area contributed by atoms with Crippen LogP contribution >= 0.6 is 15.9 Å². The number of nitrogens with zero attached hydrogens (tertiary/aromatic N) is 1. The molecule has 0 bridgehead atoms. The van der Waals surface area contributed by atoms with Gasteiger partial charge in [-0.25, -0.2) is 0 Å². The Kier molecular flexibility index (Phi) is 2.67. The van der Waals surface area contributed by atoms with Crippen molar-refractivity contribution in [3.63, 3.8) is 0 Å². The van der Waals surface area contributed by atoms with E-state index < -0.39 is 0 Å². The second-order valence-electron chi connectivity index (χ2n) is 2.35. The lowest BCUT2D eigenvalue weighted by Crippen LogP contribution is -1.82. The van der Waals surface area contributed by atoms with Gasteiger partial charge in [0, 0.05) is 4.83 Å². The average Bonchev–Trinajstić information content (AvgIpc) is 2.05. The van der Waals surface area contributed by atoms with E-state index in [1.165, 1.54) is 5.56 Å². The molecule has 0 aliphatic rings. The van der Waals surface area contributed by atoms with Crippen LogP contribution in [0.1, 0.15) is 22.9 Å². The quantitative estimate of drug-likeness (QED) is 0.653. The summed E-state index contributed by atoms with van der Waals surface area (Å²) in [5.41, 5.74) is 1.91. The molecule has 0 aliphatic carbocycles. The highest BCUT2D eigenvalue weighted by Gasteiger charge is 1.98. The Morgan fingerprint density at radius 1 is 1.36 bits per heavy atom. The van der Waals surface area contributed by atoms with E-state index in [0.29, 0.717) is 10.4 Å². The zero-order chi connectivity index (χ0) is 8.27. The Bertz CT molecular complexity index is 269. The third-order valence-corrected chi connectivity index (χ3v) is 2.03. The number of halogens is 1. The largest absolute Gasteiger partial charge is 0.192 e. The molecule has 0 radical (unpaired) electrons. The topological polar surface area (TPSA) is 23.8 Å². The van der Waals surface area contributed by atoms with Crippen molar-refractivity contribution in [1.29, 1.82) is 5.26 Å².